The summed E-state index contributed by atoms with van der Waals surface area (Å²) in [6.07, 6.45) is 2.27. The van der Waals surface area contributed by atoms with Crippen LogP contribution < -0.4 is 10.5 Å². The van der Waals surface area contributed by atoms with Gasteiger partial charge in [0.2, 0.25) is 0 Å². The van der Waals surface area contributed by atoms with Crippen LogP contribution >= 0.6 is 0 Å². The lowest BCUT2D eigenvalue weighted by molar-refractivity contribution is -0.143. The molecule has 0 aliphatic carbocycles. The van der Waals surface area contributed by atoms with Gasteiger partial charge in [-0.2, -0.15) is 0 Å². The fourth-order valence-electron chi connectivity index (χ4n) is 3.43. The van der Waals surface area contributed by atoms with Crippen molar-refractivity contribution in [1.29, 1.82) is 0 Å². The van der Waals surface area contributed by atoms with Crippen LogP contribution in [0.3, 0.4) is 0 Å². The van der Waals surface area contributed by atoms with Crippen LogP contribution in [0.4, 0.5) is 0 Å². The molecule has 2 rings (SSSR count). The highest BCUT2D eigenvalue weighted by Gasteiger charge is 2.21. The normalized spacial score (nSPS) is 13.0. The number of carbonyl (C=O) groups is 1. The maximum atomic E-state index is 11.6. The van der Waals surface area contributed by atoms with Crippen LogP contribution in [0.1, 0.15) is 50.2 Å². The Morgan fingerprint density at radius 3 is 2.33 bits per heavy atom. The molecule has 146 valence electrons. The van der Waals surface area contributed by atoms with E-state index in [0.717, 1.165) is 18.6 Å². The predicted molar refractivity (Wildman–Crippen MR) is 109 cm³/mol. The molecule has 0 saturated heterocycles. The molecule has 0 spiro atoms. The third-order valence-corrected chi connectivity index (χ3v) is 4.70. The van der Waals surface area contributed by atoms with Gasteiger partial charge in [0, 0.05) is 18.9 Å². The molecule has 0 aliphatic heterocycles. The minimum Gasteiger partial charge on any atom is -0.492 e. The molecule has 0 aliphatic rings. The molecule has 2 aromatic rings. The molecule has 27 heavy (non-hydrogen) atoms. The molecule has 0 heterocycles. The highest BCUT2D eigenvalue weighted by atomic mass is 16.5. The summed E-state index contributed by atoms with van der Waals surface area (Å²) in [6.45, 7) is 5.56. The van der Waals surface area contributed by atoms with E-state index in [9.17, 15) is 4.79 Å². The van der Waals surface area contributed by atoms with Gasteiger partial charge in [-0.3, -0.25) is 4.79 Å². The van der Waals surface area contributed by atoms with Crippen molar-refractivity contribution in [2.24, 2.45) is 11.7 Å². The largest absolute Gasteiger partial charge is 0.492 e. The van der Waals surface area contributed by atoms with Crippen LogP contribution in [0.5, 0.6) is 5.75 Å². The minimum atomic E-state index is -0.109. The maximum Gasteiger partial charge on any atom is 0.305 e. The lowest BCUT2D eigenvalue weighted by Gasteiger charge is -2.25. The molecule has 4 nitrogen and oxygen atoms in total. The summed E-state index contributed by atoms with van der Waals surface area (Å²) < 4.78 is 10.6. The van der Waals surface area contributed by atoms with E-state index < -0.39 is 0 Å². The molecule has 2 unspecified atom stereocenters. The van der Waals surface area contributed by atoms with E-state index in [1.54, 1.807) is 0 Å². The molecule has 0 radical (unpaired) electrons. The zero-order valence-electron chi connectivity index (χ0n) is 16.4. The third kappa shape index (κ3) is 6.72. The molecule has 0 aromatic heterocycles. The Hall–Kier alpha value is -2.33. The van der Waals surface area contributed by atoms with Gasteiger partial charge in [-0.15, -0.1) is 0 Å². The number of esters is 1. The van der Waals surface area contributed by atoms with E-state index in [-0.39, 0.29) is 11.9 Å². The lowest BCUT2D eigenvalue weighted by Crippen LogP contribution is -2.13. The van der Waals surface area contributed by atoms with Crippen LogP contribution in [-0.2, 0) is 9.53 Å². The van der Waals surface area contributed by atoms with Crippen molar-refractivity contribution in [1.82, 2.24) is 0 Å². The van der Waals surface area contributed by atoms with E-state index >= 15 is 0 Å². The van der Waals surface area contributed by atoms with Crippen molar-refractivity contribution in [3.05, 3.63) is 65.7 Å². The van der Waals surface area contributed by atoms with Crippen molar-refractivity contribution in [3.8, 4) is 5.75 Å². The van der Waals surface area contributed by atoms with Crippen molar-refractivity contribution in [2.75, 3.05) is 19.8 Å². The molecular formula is C23H31NO3. The van der Waals surface area contributed by atoms with Gasteiger partial charge in [-0.1, -0.05) is 49.4 Å². The Bertz CT molecular complexity index is 670. The predicted octanol–water partition coefficient (Wildman–Crippen LogP) is 4.53. The smallest absolute Gasteiger partial charge is 0.305 e. The summed E-state index contributed by atoms with van der Waals surface area (Å²) in [6, 6.07) is 18.8. The summed E-state index contributed by atoms with van der Waals surface area (Å²) >= 11 is 0. The molecule has 0 fully saturated rings. The van der Waals surface area contributed by atoms with Gasteiger partial charge < -0.3 is 15.2 Å². The Balaban J connectivity index is 2.10. The zero-order valence-corrected chi connectivity index (χ0v) is 16.4. The number of nitrogens with two attached hydrogens (primary N) is 1. The summed E-state index contributed by atoms with van der Waals surface area (Å²) in [5.41, 5.74) is 8.04. The van der Waals surface area contributed by atoms with Crippen molar-refractivity contribution >= 4 is 5.97 Å². The topological polar surface area (TPSA) is 61.5 Å². The standard InChI is InChI=1S/C23H31NO3/c1-3-26-22(25)11-7-8-18(2)23(19-9-5-4-6-10-19)20-12-14-21(15-13-20)27-17-16-24/h4-6,9-10,12-15,18,23H,3,7-8,11,16-17,24H2,1-2H3. The molecule has 2 aromatic carbocycles. The van der Waals surface area contributed by atoms with E-state index in [1.807, 2.05) is 25.1 Å². The first kappa shape index (κ1) is 21.0. The number of hydrogen-bond donors (Lipinski definition) is 1. The fraction of sp³-hybridized carbons (Fsp3) is 0.435. The highest BCUT2D eigenvalue weighted by Crippen LogP contribution is 2.35. The molecular weight excluding hydrogens is 338 g/mol. The number of benzene rings is 2. The first-order valence-corrected chi connectivity index (χ1v) is 9.79. The number of ether oxygens (including phenoxy) is 2. The number of carbonyl (C=O) groups excluding carboxylic acids is 1. The maximum absolute atomic E-state index is 11.6. The first-order valence-electron chi connectivity index (χ1n) is 9.79. The van der Waals surface area contributed by atoms with Crippen LogP contribution in [0.2, 0.25) is 0 Å². The SMILES string of the molecule is CCOC(=O)CCCC(C)C(c1ccccc1)c1ccc(OCCN)cc1. The van der Waals surface area contributed by atoms with Gasteiger partial charge in [0.05, 0.1) is 6.61 Å². The summed E-state index contributed by atoms with van der Waals surface area (Å²) in [7, 11) is 0. The Labute approximate surface area is 162 Å². The average molecular weight is 370 g/mol. The number of rotatable bonds is 11. The monoisotopic (exact) mass is 369 g/mol. The van der Waals surface area contributed by atoms with Crippen molar-refractivity contribution < 1.29 is 14.3 Å². The minimum absolute atomic E-state index is 0.109. The van der Waals surface area contributed by atoms with Crippen LogP contribution in [-0.4, -0.2) is 25.7 Å². The second kappa shape index (κ2) is 11.4. The molecule has 0 amide bonds. The molecule has 0 bridgehead atoms. The average Bonchev–Trinajstić information content (AvgIpc) is 2.68. The number of hydrogen-bond acceptors (Lipinski definition) is 4. The van der Waals surface area contributed by atoms with Crippen LogP contribution in [0.25, 0.3) is 0 Å². The zero-order chi connectivity index (χ0) is 19.5. The highest BCUT2D eigenvalue weighted by molar-refractivity contribution is 5.69. The molecule has 2 atom stereocenters. The van der Waals surface area contributed by atoms with E-state index in [1.165, 1.54) is 11.1 Å². The van der Waals surface area contributed by atoms with Gasteiger partial charge >= 0.3 is 5.97 Å². The first-order chi connectivity index (χ1) is 13.2. The molecule has 2 N–H and O–H groups in total. The second-order valence-corrected chi connectivity index (χ2v) is 6.77. The van der Waals surface area contributed by atoms with E-state index in [0.29, 0.717) is 32.1 Å². The van der Waals surface area contributed by atoms with Gasteiger partial charge in [-0.05, 0) is 48.9 Å². The fourth-order valence-corrected chi connectivity index (χ4v) is 3.43. The van der Waals surface area contributed by atoms with E-state index in [2.05, 4.69) is 43.3 Å². The van der Waals surface area contributed by atoms with Gasteiger partial charge in [0.15, 0.2) is 0 Å². The third-order valence-electron chi connectivity index (χ3n) is 4.70. The Kier molecular flexibility index (Phi) is 8.85. The summed E-state index contributed by atoms with van der Waals surface area (Å²) in [5.74, 6) is 1.41. The Morgan fingerprint density at radius 1 is 1.04 bits per heavy atom. The summed E-state index contributed by atoms with van der Waals surface area (Å²) in [5, 5.41) is 0. The van der Waals surface area contributed by atoms with E-state index in [4.69, 9.17) is 15.2 Å². The quantitative estimate of drug-likeness (QED) is 0.591. The molecule has 4 heteroatoms. The van der Waals surface area contributed by atoms with Crippen LogP contribution in [0, 0.1) is 5.92 Å². The van der Waals surface area contributed by atoms with Gasteiger partial charge in [0.1, 0.15) is 12.4 Å². The van der Waals surface area contributed by atoms with Crippen molar-refractivity contribution in [3.63, 3.8) is 0 Å². The van der Waals surface area contributed by atoms with Crippen molar-refractivity contribution in [2.45, 2.75) is 39.0 Å². The second-order valence-electron chi connectivity index (χ2n) is 6.77. The van der Waals surface area contributed by atoms with Crippen LogP contribution in [0.15, 0.2) is 54.6 Å². The van der Waals surface area contributed by atoms with Gasteiger partial charge in [0.25, 0.3) is 0 Å². The molecule has 0 saturated carbocycles. The summed E-state index contributed by atoms with van der Waals surface area (Å²) in [4.78, 5) is 11.6. The Morgan fingerprint density at radius 2 is 1.70 bits per heavy atom. The van der Waals surface area contributed by atoms with Gasteiger partial charge in [-0.25, -0.2) is 0 Å². The lowest BCUT2D eigenvalue weighted by atomic mass is 9.79.